The molecule has 0 bridgehead atoms. The summed E-state index contributed by atoms with van der Waals surface area (Å²) in [4.78, 5) is 16.2. The van der Waals surface area contributed by atoms with Crippen LogP contribution in [0.15, 0.2) is 41.1 Å². The molecule has 0 radical (unpaired) electrons. The summed E-state index contributed by atoms with van der Waals surface area (Å²) < 4.78 is 10.2. The second-order valence-corrected chi connectivity index (χ2v) is 4.41. The highest BCUT2D eigenvalue weighted by Gasteiger charge is 2.14. The molecule has 8 heteroatoms. The van der Waals surface area contributed by atoms with E-state index < -0.39 is 0 Å². The summed E-state index contributed by atoms with van der Waals surface area (Å²) in [5, 5.41) is 13.0. The van der Waals surface area contributed by atoms with Gasteiger partial charge in [0, 0.05) is 6.20 Å². The Labute approximate surface area is 125 Å². The summed E-state index contributed by atoms with van der Waals surface area (Å²) in [6.45, 7) is 0. The Balaban J connectivity index is 1.67. The predicted molar refractivity (Wildman–Crippen MR) is 77.2 cm³/mol. The van der Waals surface area contributed by atoms with Crippen molar-refractivity contribution in [3.8, 4) is 17.3 Å². The van der Waals surface area contributed by atoms with Gasteiger partial charge < -0.3 is 14.6 Å². The number of rotatable bonds is 5. The maximum absolute atomic E-state index is 12.0. The first kappa shape index (κ1) is 13.8. The van der Waals surface area contributed by atoms with Crippen molar-refractivity contribution in [2.24, 2.45) is 0 Å². The smallest absolute Gasteiger partial charge is 0.275 e. The van der Waals surface area contributed by atoms with Crippen molar-refractivity contribution < 1.29 is 14.1 Å². The maximum Gasteiger partial charge on any atom is 0.275 e. The van der Waals surface area contributed by atoms with E-state index in [-0.39, 0.29) is 24.0 Å². The highest BCUT2D eigenvalue weighted by Crippen LogP contribution is 2.23. The van der Waals surface area contributed by atoms with Crippen molar-refractivity contribution in [1.29, 1.82) is 0 Å². The van der Waals surface area contributed by atoms with Crippen molar-refractivity contribution in [2.45, 2.75) is 6.42 Å². The molecule has 0 aliphatic heterocycles. The SMILES string of the molecule is COc1ccccc1NC(=O)Cc1noc(-c2ccn[nH]2)n1. The Morgan fingerprint density at radius 2 is 2.23 bits per heavy atom. The van der Waals surface area contributed by atoms with Crippen molar-refractivity contribution >= 4 is 11.6 Å². The zero-order chi connectivity index (χ0) is 15.4. The van der Waals surface area contributed by atoms with E-state index in [1.807, 2.05) is 12.1 Å². The molecule has 0 atom stereocenters. The largest absolute Gasteiger partial charge is 0.495 e. The van der Waals surface area contributed by atoms with Crippen molar-refractivity contribution in [3.05, 3.63) is 42.4 Å². The number of aromatic nitrogens is 4. The molecule has 2 N–H and O–H groups in total. The molecule has 8 nitrogen and oxygen atoms in total. The zero-order valence-corrected chi connectivity index (χ0v) is 11.7. The Hall–Kier alpha value is -3.16. The molecule has 112 valence electrons. The summed E-state index contributed by atoms with van der Waals surface area (Å²) in [6.07, 6.45) is 1.57. The van der Waals surface area contributed by atoms with Gasteiger partial charge in [-0.1, -0.05) is 17.3 Å². The van der Waals surface area contributed by atoms with Gasteiger partial charge in [-0.3, -0.25) is 9.89 Å². The van der Waals surface area contributed by atoms with Gasteiger partial charge in [0.15, 0.2) is 5.82 Å². The minimum Gasteiger partial charge on any atom is -0.495 e. The molecule has 0 saturated heterocycles. The van der Waals surface area contributed by atoms with Crippen LogP contribution in [0.1, 0.15) is 5.82 Å². The summed E-state index contributed by atoms with van der Waals surface area (Å²) in [5.74, 6) is 0.901. The third kappa shape index (κ3) is 2.95. The minimum absolute atomic E-state index is 0.00428. The number of amides is 1. The summed E-state index contributed by atoms with van der Waals surface area (Å²) in [5.41, 5.74) is 1.19. The number of ether oxygens (including phenoxy) is 1. The topological polar surface area (TPSA) is 106 Å². The molecule has 3 aromatic rings. The number of benzene rings is 1. The highest BCUT2D eigenvalue weighted by molar-refractivity contribution is 5.93. The predicted octanol–water partition coefficient (Wildman–Crippen LogP) is 1.65. The summed E-state index contributed by atoms with van der Waals surface area (Å²) >= 11 is 0. The molecule has 3 rings (SSSR count). The van der Waals surface area contributed by atoms with Gasteiger partial charge >= 0.3 is 0 Å². The Morgan fingerprint density at radius 3 is 3.00 bits per heavy atom. The molecule has 1 aromatic carbocycles. The number of aromatic amines is 1. The quantitative estimate of drug-likeness (QED) is 0.742. The zero-order valence-electron chi connectivity index (χ0n) is 11.7. The molecule has 0 fully saturated rings. The van der Waals surface area contributed by atoms with Crippen LogP contribution in [0, 0.1) is 0 Å². The van der Waals surface area contributed by atoms with Crippen LogP contribution < -0.4 is 10.1 Å². The number of hydrogen-bond acceptors (Lipinski definition) is 6. The normalized spacial score (nSPS) is 10.4. The first-order chi connectivity index (χ1) is 10.8. The van der Waals surface area contributed by atoms with E-state index in [0.29, 0.717) is 17.1 Å². The molecule has 0 spiro atoms. The number of anilines is 1. The van der Waals surface area contributed by atoms with Crippen molar-refractivity contribution in [1.82, 2.24) is 20.3 Å². The fraction of sp³-hybridized carbons (Fsp3) is 0.143. The second kappa shape index (κ2) is 6.08. The van der Waals surface area contributed by atoms with E-state index in [2.05, 4.69) is 25.7 Å². The van der Waals surface area contributed by atoms with E-state index >= 15 is 0 Å². The molecule has 0 saturated carbocycles. The Kier molecular flexibility index (Phi) is 3.82. The van der Waals surface area contributed by atoms with Crippen LogP contribution in [-0.2, 0) is 11.2 Å². The monoisotopic (exact) mass is 299 g/mol. The maximum atomic E-state index is 12.0. The molecule has 0 aliphatic rings. The fourth-order valence-electron chi connectivity index (χ4n) is 1.90. The van der Waals surface area contributed by atoms with Crippen LogP contribution in [0.5, 0.6) is 5.75 Å². The van der Waals surface area contributed by atoms with Crippen LogP contribution in [0.3, 0.4) is 0 Å². The first-order valence-corrected chi connectivity index (χ1v) is 6.51. The Bertz CT molecular complexity index is 766. The number of carbonyl (C=O) groups is 1. The molecule has 0 unspecified atom stereocenters. The number of carbonyl (C=O) groups excluding carboxylic acids is 1. The van der Waals surface area contributed by atoms with E-state index in [0.717, 1.165) is 0 Å². The molecule has 22 heavy (non-hydrogen) atoms. The third-order valence-electron chi connectivity index (χ3n) is 2.90. The van der Waals surface area contributed by atoms with Crippen LogP contribution in [-0.4, -0.2) is 33.4 Å². The van der Waals surface area contributed by atoms with Gasteiger partial charge in [-0.2, -0.15) is 10.1 Å². The molecule has 1 amide bonds. The number of nitrogens with zero attached hydrogens (tertiary/aromatic N) is 3. The molecular formula is C14H13N5O3. The summed E-state index contributed by atoms with van der Waals surface area (Å²) in [6, 6.07) is 8.85. The van der Waals surface area contributed by atoms with Gasteiger partial charge in [0.2, 0.25) is 5.91 Å². The van der Waals surface area contributed by atoms with Crippen LogP contribution in [0.25, 0.3) is 11.6 Å². The highest BCUT2D eigenvalue weighted by atomic mass is 16.5. The summed E-state index contributed by atoms with van der Waals surface area (Å²) in [7, 11) is 1.54. The van der Waals surface area contributed by atoms with Crippen molar-refractivity contribution in [2.75, 3.05) is 12.4 Å². The lowest BCUT2D eigenvalue weighted by Gasteiger charge is -2.08. The van der Waals surface area contributed by atoms with E-state index in [1.165, 1.54) is 0 Å². The van der Waals surface area contributed by atoms with E-state index in [1.54, 1.807) is 31.5 Å². The van der Waals surface area contributed by atoms with E-state index in [4.69, 9.17) is 9.26 Å². The van der Waals surface area contributed by atoms with Gasteiger partial charge in [0.1, 0.15) is 11.4 Å². The van der Waals surface area contributed by atoms with Crippen LogP contribution >= 0.6 is 0 Å². The number of H-pyrrole nitrogens is 1. The van der Waals surface area contributed by atoms with Crippen molar-refractivity contribution in [3.63, 3.8) is 0 Å². The fourth-order valence-corrected chi connectivity index (χ4v) is 1.90. The van der Waals surface area contributed by atoms with Crippen LogP contribution in [0.4, 0.5) is 5.69 Å². The number of hydrogen-bond donors (Lipinski definition) is 2. The van der Waals surface area contributed by atoms with Crippen LogP contribution in [0.2, 0.25) is 0 Å². The third-order valence-corrected chi connectivity index (χ3v) is 2.90. The first-order valence-electron chi connectivity index (χ1n) is 6.51. The van der Waals surface area contributed by atoms with Gasteiger partial charge in [-0.15, -0.1) is 0 Å². The van der Waals surface area contributed by atoms with Gasteiger partial charge in [0.05, 0.1) is 19.2 Å². The minimum atomic E-state index is -0.263. The average molecular weight is 299 g/mol. The van der Waals surface area contributed by atoms with E-state index in [9.17, 15) is 4.79 Å². The van der Waals surface area contributed by atoms with Gasteiger partial charge in [0.25, 0.3) is 5.89 Å². The lowest BCUT2D eigenvalue weighted by atomic mass is 10.2. The molecule has 0 aliphatic carbocycles. The second-order valence-electron chi connectivity index (χ2n) is 4.41. The lowest BCUT2D eigenvalue weighted by Crippen LogP contribution is -2.15. The standard InChI is InChI=1S/C14H13N5O3/c1-21-11-5-3-2-4-9(11)16-13(20)8-12-17-14(22-19-12)10-6-7-15-18-10/h2-7H,8H2,1H3,(H,15,18)(H,16,20). The Morgan fingerprint density at radius 1 is 1.36 bits per heavy atom. The number of nitrogens with one attached hydrogen (secondary N) is 2. The number of methoxy groups -OCH3 is 1. The number of para-hydroxylation sites is 2. The molecular weight excluding hydrogens is 286 g/mol. The average Bonchev–Trinajstić information content (AvgIpc) is 3.18. The molecule has 2 heterocycles. The molecule has 2 aromatic heterocycles. The van der Waals surface area contributed by atoms with Gasteiger partial charge in [-0.05, 0) is 18.2 Å². The van der Waals surface area contributed by atoms with Gasteiger partial charge in [-0.25, -0.2) is 0 Å². The lowest BCUT2D eigenvalue weighted by molar-refractivity contribution is -0.115.